The van der Waals surface area contributed by atoms with Crippen LogP contribution in [0.1, 0.15) is 25.7 Å². The van der Waals surface area contributed by atoms with Crippen molar-refractivity contribution in [2.75, 3.05) is 12.4 Å². The van der Waals surface area contributed by atoms with Gasteiger partial charge < -0.3 is 9.84 Å². The van der Waals surface area contributed by atoms with Gasteiger partial charge in [0.05, 0.1) is 6.61 Å². The van der Waals surface area contributed by atoms with Crippen LogP contribution in [-0.4, -0.2) is 33.6 Å². The van der Waals surface area contributed by atoms with Crippen molar-refractivity contribution >= 4 is 30.4 Å². The second kappa shape index (κ2) is 4.55. The van der Waals surface area contributed by atoms with Gasteiger partial charge in [-0.1, -0.05) is 0 Å². The summed E-state index contributed by atoms with van der Waals surface area (Å²) >= 11 is 6.13. The molecule has 2 fully saturated rings. The van der Waals surface area contributed by atoms with Crippen LogP contribution in [0, 0.1) is 5.92 Å². The fourth-order valence-electron chi connectivity index (χ4n) is 2.43. The zero-order chi connectivity index (χ0) is 10.9. The number of hydrogen-bond donors (Lipinski definition) is 2. The van der Waals surface area contributed by atoms with Crippen LogP contribution in [0.15, 0.2) is 0 Å². The lowest BCUT2D eigenvalue weighted by molar-refractivity contribution is -0.138. The average molecular weight is 248 g/mol. The number of hydrogen-bond acceptors (Lipinski definition) is 4. The van der Waals surface area contributed by atoms with Crippen molar-refractivity contribution in [1.29, 1.82) is 0 Å². The molecule has 1 saturated carbocycles. The van der Waals surface area contributed by atoms with Crippen LogP contribution in [0.3, 0.4) is 0 Å². The average Bonchev–Trinajstić information content (AvgIpc) is 2.74. The van der Waals surface area contributed by atoms with Gasteiger partial charge in [0.1, 0.15) is 4.93 Å². The summed E-state index contributed by atoms with van der Waals surface area (Å²) in [5.41, 5.74) is 0. The van der Waals surface area contributed by atoms with Crippen LogP contribution in [-0.2, 0) is 9.53 Å². The normalized spacial score (nSPS) is 40.1. The molecule has 2 aliphatic rings. The first kappa shape index (κ1) is 11.6. The number of thioether (sulfide) groups is 1. The molecule has 1 aliphatic heterocycles. The second-order valence-electron chi connectivity index (χ2n) is 4.35. The Bertz CT molecular complexity index is 259. The number of carboxylic acid groups (broad SMARTS) is 1. The lowest BCUT2D eigenvalue weighted by atomic mass is 10.0. The minimum absolute atomic E-state index is 0.0759. The first-order chi connectivity index (χ1) is 7.13. The first-order valence-corrected chi connectivity index (χ1v) is 6.79. The lowest BCUT2D eigenvalue weighted by Gasteiger charge is -2.21. The predicted octanol–water partition coefficient (Wildman–Crippen LogP) is 2.02. The summed E-state index contributed by atoms with van der Waals surface area (Å²) in [6.07, 6.45) is 3.17. The largest absolute Gasteiger partial charge is 0.481 e. The molecular formula is C10H16O3S2. The predicted molar refractivity (Wildman–Crippen MR) is 63.5 cm³/mol. The molecule has 2 rings (SSSR count). The van der Waals surface area contributed by atoms with Gasteiger partial charge in [-0.05, 0) is 25.2 Å². The molecule has 1 spiro atoms. The SMILES string of the molecule is O=C(O)CC1CCC2(C1)OCC(CS)S2. The van der Waals surface area contributed by atoms with Crippen molar-refractivity contribution in [2.45, 2.75) is 35.9 Å². The van der Waals surface area contributed by atoms with Crippen molar-refractivity contribution in [1.82, 2.24) is 0 Å². The molecular weight excluding hydrogens is 232 g/mol. The highest BCUT2D eigenvalue weighted by molar-refractivity contribution is 8.02. The van der Waals surface area contributed by atoms with Gasteiger partial charge in [-0.15, -0.1) is 11.8 Å². The first-order valence-electron chi connectivity index (χ1n) is 5.28. The number of ether oxygens (including phenoxy) is 1. The Labute approximate surface area is 99.4 Å². The summed E-state index contributed by atoms with van der Waals surface area (Å²) in [6, 6.07) is 0. The van der Waals surface area contributed by atoms with E-state index >= 15 is 0 Å². The van der Waals surface area contributed by atoms with E-state index in [4.69, 9.17) is 9.84 Å². The molecule has 0 aromatic carbocycles. The molecule has 0 bridgehead atoms. The molecule has 3 atom stereocenters. The third-order valence-electron chi connectivity index (χ3n) is 3.11. The third kappa shape index (κ3) is 2.63. The van der Waals surface area contributed by atoms with E-state index in [2.05, 4.69) is 12.6 Å². The smallest absolute Gasteiger partial charge is 0.303 e. The number of carboxylic acids is 1. The Morgan fingerprint density at radius 2 is 2.47 bits per heavy atom. The summed E-state index contributed by atoms with van der Waals surface area (Å²) in [6.45, 7) is 0.772. The molecule has 86 valence electrons. The van der Waals surface area contributed by atoms with E-state index in [1.165, 1.54) is 0 Å². The van der Waals surface area contributed by atoms with Crippen LogP contribution >= 0.6 is 24.4 Å². The van der Waals surface area contributed by atoms with Gasteiger partial charge in [-0.25, -0.2) is 0 Å². The van der Waals surface area contributed by atoms with Crippen LogP contribution in [0.25, 0.3) is 0 Å². The molecule has 0 aromatic heterocycles. The zero-order valence-corrected chi connectivity index (χ0v) is 10.2. The Balaban J connectivity index is 1.89. The van der Waals surface area contributed by atoms with Gasteiger partial charge in [0.15, 0.2) is 0 Å². The van der Waals surface area contributed by atoms with Crippen molar-refractivity contribution < 1.29 is 14.6 Å². The highest BCUT2D eigenvalue weighted by Crippen LogP contribution is 2.51. The van der Waals surface area contributed by atoms with Gasteiger partial charge >= 0.3 is 5.97 Å². The van der Waals surface area contributed by atoms with Crippen LogP contribution in [0.4, 0.5) is 0 Å². The molecule has 0 amide bonds. The zero-order valence-electron chi connectivity index (χ0n) is 8.52. The second-order valence-corrected chi connectivity index (χ2v) is 6.36. The minimum Gasteiger partial charge on any atom is -0.481 e. The van der Waals surface area contributed by atoms with E-state index in [1.54, 1.807) is 0 Å². The quantitative estimate of drug-likeness (QED) is 0.750. The highest BCUT2D eigenvalue weighted by atomic mass is 32.2. The number of thiol groups is 1. The summed E-state index contributed by atoms with van der Waals surface area (Å²) in [4.78, 5) is 10.5. The fraction of sp³-hybridized carbons (Fsp3) is 0.900. The maximum absolute atomic E-state index is 10.6. The van der Waals surface area contributed by atoms with Crippen molar-refractivity contribution in [3.05, 3.63) is 0 Å². The summed E-state index contributed by atoms with van der Waals surface area (Å²) in [5, 5.41) is 9.23. The summed E-state index contributed by atoms with van der Waals surface area (Å²) in [7, 11) is 0. The maximum Gasteiger partial charge on any atom is 0.303 e. The highest BCUT2D eigenvalue weighted by Gasteiger charge is 2.46. The molecule has 1 heterocycles. The van der Waals surface area contributed by atoms with Gasteiger partial charge in [0.25, 0.3) is 0 Å². The van der Waals surface area contributed by atoms with Crippen molar-refractivity contribution in [3.8, 4) is 0 Å². The lowest BCUT2D eigenvalue weighted by Crippen LogP contribution is -2.20. The Hall–Kier alpha value is 0.130. The molecule has 1 aliphatic carbocycles. The molecule has 0 aromatic rings. The molecule has 5 heteroatoms. The number of carbonyl (C=O) groups is 1. The molecule has 1 saturated heterocycles. The molecule has 15 heavy (non-hydrogen) atoms. The van der Waals surface area contributed by atoms with Crippen LogP contribution in [0.2, 0.25) is 0 Å². The van der Waals surface area contributed by atoms with E-state index in [1.807, 2.05) is 11.8 Å². The van der Waals surface area contributed by atoms with E-state index in [0.29, 0.717) is 11.2 Å². The number of aliphatic carboxylic acids is 1. The third-order valence-corrected chi connectivity index (χ3v) is 5.36. The van der Waals surface area contributed by atoms with Crippen LogP contribution < -0.4 is 0 Å². The van der Waals surface area contributed by atoms with E-state index in [9.17, 15) is 4.79 Å². The fourth-order valence-corrected chi connectivity index (χ4v) is 4.28. The monoisotopic (exact) mass is 248 g/mol. The summed E-state index contributed by atoms with van der Waals surface area (Å²) < 4.78 is 5.84. The molecule has 3 nitrogen and oxygen atoms in total. The van der Waals surface area contributed by atoms with Crippen LogP contribution in [0.5, 0.6) is 0 Å². The van der Waals surface area contributed by atoms with Crippen molar-refractivity contribution in [2.24, 2.45) is 5.92 Å². The molecule has 3 unspecified atom stereocenters. The molecule has 0 radical (unpaired) electrons. The van der Waals surface area contributed by atoms with E-state index in [-0.39, 0.29) is 11.4 Å². The Morgan fingerprint density at radius 1 is 1.67 bits per heavy atom. The summed E-state index contributed by atoms with van der Waals surface area (Å²) in [5.74, 6) is 0.454. The van der Waals surface area contributed by atoms with Crippen molar-refractivity contribution in [3.63, 3.8) is 0 Å². The Kier molecular flexibility index (Phi) is 3.52. The van der Waals surface area contributed by atoms with Gasteiger partial charge in [0, 0.05) is 17.4 Å². The Morgan fingerprint density at radius 3 is 3.07 bits per heavy atom. The topological polar surface area (TPSA) is 46.5 Å². The standard InChI is InChI=1S/C10H16O3S2/c11-9(12)3-7-1-2-10(4-7)13-5-8(6-14)15-10/h7-8,14H,1-6H2,(H,11,12). The minimum atomic E-state index is -0.689. The van der Waals surface area contributed by atoms with Gasteiger partial charge in [0.2, 0.25) is 0 Å². The van der Waals surface area contributed by atoms with E-state index in [0.717, 1.165) is 31.6 Å². The van der Waals surface area contributed by atoms with E-state index < -0.39 is 5.97 Å². The number of rotatable bonds is 3. The van der Waals surface area contributed by atoms with Gasteiger partial charge in [-0.3, -0.25) is 4.79 Å². The molecule has 1 N–H and O–H groups in total. The maximum atomic E-state index is 10.6. The van der Waals surface area contributed by atoms with Gasteiger partial charge in [-0.2, -0.15) is 12.6 Å².